The molecule has 2 atom stereocenters. The molecule has 1 aliphatic rings. The number of cyclic esters (lactones) is 1. The van der Waals surface area contributed by atoms with Gasteiger partial charge in [0, 0.05) is 6.42 Å². The van der Waals surface area contributed by atoms with E-state index < -0.39 is 18.2 Å². The average molecular weight is 155 g/mol. The van der Waals surface area contributed by atoms with E-state index in [0.717, 1.165) is 0 Å². The number of hydrogen-bond acceptors (Lipinski definition) is 4. The summed E-state index contributed by atoms with van der Waals surface area (Å²) in [4.78, 5) is 10.7. The van der Waals surface area contributed by atoms with Gasteiger partial charge in [-0.15, -0.1) is 0 Å². The van der Waals surface area contributed by atoms with Crippen molar-refractivity contribution in [2.24, 2.45) is 0 Å². The monoisotopic (exact) mass is 155 g/mol. The van der Waals surface area contributed by atoms with E-state index in [9.17, 15) is 4.79 Å². The zero-order chi connectivity index (χ0) is 8.27. The van der Waals surface area contributed by atoms with Gasteiger partial charge in [0.15, 0.2) is 0 Å². The fraction of sp³-hybridized carbons (Fsp3) is 0.714. The van der Waals surface area contributed by atoms with Crippen molar-refractivity contribution in [1.29, 1.82) is 5.26 Å². The van der Waals surface area contributed by atoms with Crippen LogP contribution in [0.4, 0.5) is 0 Å². The number of carbonyl (C=O) groups excluding carboxylic acids is 1. The van der Waals surface area contributed by atoms with Gasteiger partial charge in [0.1, 0.15) is 6.10 Å². The highest BCUT2D eigenvalue weighted by molar-refractivity contribution is 5.70. The van der Waals surface area contributed by atoms with E-state index in [4.69, 9.17) is 15.1 Å². The number of carbonyl (C=O) groups is 1. The molecule has 4 nitrogen and oxygen atoms in total. The van der Waals surface area contributed by atoms with Crippen molar-refractivity contribution >= 4 is 5.97 Å². The van der Waals surface area contributed by atoms with Gasteiger partial charge < -0.3 is 9.84 Å². The third-order valence-electron chi connectivity index (χ3n) is 1.55. The van der Waals surface area contributed by atoms with Crippen molar-refractivity contribution in [2.45, 2.75) is 31.5 Å². The lowest BCUT2D eigenvalue weighted by Gasteiger charge is -2.23. The highest BCUT2D eigenvalue weighted by atomic mass is 16.5. The molecule has 60 valence electrons. The molecule has 1 saturated heterocycles. The van der Waals surface area contributed by atoms with Gasteiger partial charge in [-0.25, -0.2) is 0 Å². The van der Waals surface area contributed by atoms with Crippen LogP contribution in [0.5, 0.6) is 0 Å². The summed E-state index contributed by atoms with van der Waals surface area (Å²) in [6, 6.07) is 1.89. The Morgan fingerprint density at radius 2 is 2.55 bits per heavy atom. The van der Waals surface area contributed by atoms with Crippen LogP contribution in [-0.2, 0) is 9.53 Å². The van der Waals surface area contributed by atoms with Gasteiger partial charge in [0.25, 0.3) is 0 Å². The zero-order valence-electron chi connectivity index (χ0n) is 5.99. The summed E-state index contributed by atoms with van der Waals surface area (Å²) in [5.74, 6) is -0.413. The van der Waals surface area contributed by atoms with E-state index in [1.54, 1.807) is 0 Å². The second-order valence-corrected chi connectivity index (χ2v) is 2.57. The maximum absolute atomic E-state index is 10.7. The molecule has 0 spiro atoms. The summed E-state index contributed by atoms with van der Waals surface area (Å²) < 4.78 is 4.78. The van der Waals surface area contributed by atoms with E-state index in [0.29, 0.717) is 6.42 Å². The van der Waals surface area contributed by atoms with Crippen LogP contribution in [0.1, 0.15) is 19.3 Å². The second kappa shape index (κ2) is 3.35. The maximum atomic E-state index is 10.7. The molecule has 0 saturated carbocycles. The first-order chi connectivity index (χ1) is 5.22. The van der Waals surface area contributed by atoms with Crippen LogP contribution in [0, 0.1) is 11.3 Å². The molecule has 1 rings (SSSR count). The topological polar surface area (TPSA) is 70.3 Å². The van der Waals surface area contributed by atoms with Crippen LogP contribution >= 0.6 is 0 Å². The molecular weight excluding hydrogens is 146 g/mol. The zero-order valence-corrected chi connectivity index (χ0v) is 5.99. The quantitative estimate of drug-likeness (QED) is 0.539. The Kier molecular flexibility index (Phi) is 2.44. The molecule has 1 N–H and O–H groups in total. The number of esters is 1. The third-order valence-corrected chi connectivity index (χ3v) is 1.55. The van der Waals surface area contributed by atoms with Crippen LogP contribution in [0.3, 0.4) is 0 Å². The molecule has 0 radical (unpaired) electrons. The van der Waals surface area contributed by atoms with Gasteiger partial charge in [-0.3, -0.25) is 4.79 Å². The van der Waals surface area contributed by atoms with Crippen molar-refractivity contribution in [3.63, 3.8) is 0 Å². The Morgan fingerprint density at radius 1 is 1.82 bits per heavy atom. The summed E-state index contributed by atoms with van der Waals surface area (Å²) >= 11 is 0. The SMILES string of the molecule is N#CC[C@H]1C[C@H](O)CC(=O)O1. The van der Waals surface area contributed by atoms with E-state index in [1.165, 1.54) is 0 Å². The Labute approximate surface area is 64.4 Å². The van der Waals surface area contributed by atoms with E-state index >= 15 is 0 Å². The second-order valence-electron chi connectivity index (χ2n) is 2.57. The first-order valence-corrected chi connectivity index (χ1v) is 3.47. The van der Waals surface area contributed by atoms with Gasteiger partial charge in [0.2, 0.25) is 0 Å². The summed E-state index contributed by atoms with van der Waals surface area (Å²) in [7, 11) is 0. The molecule has 1 aliphatic heterocycles. The number of aliphatic hydroxyl groups is 1. The minimum Gasteiger partial charge on any atom is -0.461 e. The molecule has 0 bridgehead atoms. The smallest absolute Gasteiger partial charge is 0.308 e. The summed E-state index contributed by atoms with van der Waals surface area (Å²) in [5, 5.41) is 17.3. The number of nitriles is 1. The number of ether oxygens (including phenoxy) is 1. The molecular formula is C7H9NO3. The number of nitrogens with zero attached hydrogens (tertiary/aromatic N) is 1. The van der Waals surface area contributed by atoms with Crippen molar-refractivity contribution in [3.8, 4) is 6.07 Å². The highest BCUT2D eigenvalue weighted by Crippen LogP contribution is 2.16. The van der Waals surface area contributed by atoms with Crippen LogP contribution in [0.15, 0.2) is 0 Å². The van der Waals surface area contributed by atoms with Gasteiger partial charge in [-0.1, -0.05) is 0 Å². The van der Waals surface area contributed by atoms with Crippen molar-refractivity contribution in [2.75, 3.05) is 0 Å². The first kappa shape index (κ1) is 8.02. The molecule has 0 aromatic rings. The summed E-state index contributed by atoms with van der Waals surface area (Å²) in [5.41, 5.74) is 0. The van der Waals surface area contributed by atoms with Gasteiger partial charge >= 0.3 is 5.97 Å². The van der Waals surface area contributed by atoms with Crippen LogP contribution in [0.25, 0.3) is 0 Å². The Bertz CT molecular complexity index is 196. The molecule has 0 aliphatic carbocycles. The Balaban J connectivity index is 2.44. The lowest BCUT2D eigenvalue weighted by molar-refractivity contribution is -0.159. The lowest BCUT2D eigenvalue weighted by Crippen LogP contribution is -2.32. The largest absolute Gasteiger partial charge is 0.461 e. The van der Waals surface area contributed by atoms with Crippen molar-refractivity contribution < 1.29 is 14.6 Å². The standard InChI is InChI=1S/C7H9NO3/c8-2-1-6-3-5(9)4-7(10)11-6/h5-6,9H,1,3-4H2/t5-,6-/m0/s1. The molecule has 1 heterocycles. The Hall–Kier alpha value is -1.08. The molecule has 0 unspecified atom stereocenters. The average Bonchev–Trinajstić information content (AvgIpc) is 1.85. The molecule has 0 aromatic heterocycles. The van der Waals surface area contributed by atoms with Crippen LogP contribution < -0.4 is 0 Å². The van der Waals surface area contributed by atoms with E-state index in [1.807, 2.05) is 6.07 Å². The minimum atomic E-state index is -0.630. The molecule has 0 aromatic carbocycles. The molecule has 0 amide bonds. The maximum Gasteiger partial charge on any atom is 0.308 e. The highest BCUT2D eigenvalue weighted by Gasteiger charge is 2.26. The number of rotatable bonds is 1. The van der Waals surface area contributed by atoms with Crippen LogP contribution in [0.2, 0.25) is 0 Å². The predicted molar refractivity (Wildman–Crippen MR) is 35.4 cm³/mol. The third kappa shape index (κ3) is 2.20. The van der Waals surface area contributed by atoms with Crippen molar-refractivity contribution in [3.05, 3.63) is 0 Å². The normalized spacial score (nSPS) is 30.7. The fourth-order valence-corrected chi connectivity index (χ4v) is 1.09. The summed E-state index contributed by atoms with van der Waals surface area (Å²) in [6.45, 7) is 0. The van der Waals surface area contributed by atoms with Gasteiger partial charge in [-0.05, 0) is 0 Å². The minimum absolute atomic E-state index is 0.0575. The van der Waals surface area contributed by atoms with Crippen LogP contribution in [-0.4, -0.2) is 23.3 Å². The molecule has 4 heteroatoms. The first-order valence-electron chi connectivity index (χ1n) is 3.47. The van der Waals surface area contributed by atoms with E-state index in [2.05, 4.69) is 0 Å². The Morgan fingerprint density at radius 3 is 3.09 bits per heavy atom. The van der Waals surface area contributed by atoms with Gasteiger partial charge in [0.05, 0.1) is 25.0 Å². The van der Waals surface area contributed by atoms with Gasteiger partial charge in [-0.2, -0.15) is 5.26 Å². The summed E-state index contributed by atoms with van der Waals surface area (Å²) in [6.07, 6.45) is -0.421. The number of hydrogen-bond donors (Lipinski definition) is 1. The van der Waals surface area contributed by atoms with Crippen molar-refractivity contribution in [1.82, 2.24) is 0 Å². The van der Waals surface area contributed by atoms with E-state index in [-0.39, 0.29) is 12.8 Å². The fourth-order valence-electron chi connectivity index (χ4n) is 1.09. The molecule has 1 fully saturated rings. The lowest BCUT2D eigenvalue weighted by atomic mass is 10.0. The number of aliphatic hydroxyl groups excluding tert-OH is 1. The predicted octanol–water partition coefficient (Wildman–Crippen LogP) is -0.0334. The molecule has 11 heavy (non-hydrogen) atoms.